The molecule has 0 aliphatic carbocycles. The maximum Gasteiger partial charge on any atom is 0.311 e. The number of aliphatic carboxylic acids is 1. The summed E-state index contributed by atoms with van der Waals surface area (Å²) in [6, 6.07) is 6.04. The zero-order valence-electron chi connectivity index (χ0n) is 13.6. The van der Waals surface area contributed by atoms with E-state index < -0.39 is 16.3 Å². The second kappa shape index (κ2) is 7.21. The monoisotopic (exact) mass is 352 g/mol. The summed E-state index contributed by atoms with van der Waals surface area (Å²) in [4.78, 5) is 36.5. The van der Waals surface area contributed by atoms with Crippen molar-refractivity contribution in [2.45, 2.75) is 36.8 Å². The third kappa shape index (κ3) is 4.05. The Morgan fingerprint density at radius 3 is 2.54 bits per heavy atom. The highest BCUT2D eigenvalue weighted by Gasteiger charge is 2.40. The van der Waals surface area contributed by atoms with Gasteiger partial charge >= 0.3 is 5.97 Å². The van der Waals surface area contributed by atoms with E-state index in [2.05, 4.69) is 0 Å². The Bertz CT molecular complexity index is 648. The summed E-state index contributed by atoms with van der Waals surface area (Å²) < 4.78 is 0. The van der Waals surface area contributed by atoms with Gasteiger partial charge < -0.3 is 10.0 Å². The van der Waals surface area contributed by atoms with Gasteiger partial charge in [-0.05, 0) is 38.8 Å². The SMILES string of the molecule is CC(Sc1ccc([N+](=O)[O-])cc1)C(=O)N1CCCC(C)(C(=O)O)C1. The Balaban J connectivity index is 2.01. The zero-order valence-corrected chi connectivity index (χ0v) is 14.4. The van der Waals surface area contributed by atoms with Gasteiger partial charge in [0, 0.05) is 30.1 Å². The summed E-state index contributed by atoms with van der Waals surface area (Å²) in [5.41, 5.74) is -0.891. The summed E-state index contributed by atoms with van der Waals surface area (Å²) in [5, 5.41) is 19.6. The molecular formula is C16H20N2O5S. The highest BCUT2D eigenvalue weighted by molar-refractivity contribution is 8.00. The van der Waals surface area contributed by atoms with Crippen LogP contribution in [0.1, 0.15) is 26.7 Å². The Kier molecular flexibility index (Phi) is 5.48. The number of thioether (sulfide) groups is 1. The molecule has 0 aromatic heterocycles. The number of rotatable bonds is 5. The predicted molar refractivity (Wildman–Crippen MR) is 90.0 cm³/mol. The van der Waals surface area contributed by atoms with Gasteiger partial charge in [-0.1, -0.05) is 0 Å². The van der Waals surface area contributed by atoms with Gasteiger partial charge in [-0.3, -0.25) is 19.7 Å². The van der Waals surface area contributed by atoms with Gasteiger partial charge in [-0.15, -0.1) is 11.8 Å². The number of carboxylic acid groups (broad SMARTS) is 1. The van der Waals surface area contributed by atoms with Crippen LogP contribution in [0.5, 0.6) is 0 Å². The van der Waals surface area contributed by atoms with Crippen LogP contribution in [0.3, 0.4) is 0 Å². The van der Waals surface area contributed by atoms with Crippen molar-refractivity contribution in [1.82, 2.24) is 4.90 Å². The molecule has 1 fully saturated rings. The number of carbonyl (C=O) groups excluding carboxylic acids is 1. The van der Waals surface area contributed by atoms with Crippen molar-refractivity contribution < 1.29 is 19.6 Å². The molecule has 130 valence electrons. The predicted octanol–water partition coefficient (Wildman–Crippen LogP) is 2.79. The molecule has 1 aromatic carbocycles. The lowest BCUT2D eigenvalue weighted by Crippen LogP contribution is -2.50. The molecule has 1 N–H and O–H groups in total. The van der Waals surface area contributed by atoms with E-state index in [1.54, 1.807) is 30.9 Å². The number of nitro groups is 1. The third-order valence-electron chi connectivity index (χ3n) is 4.23. The number of benzene rings is 1. The van der Waals surface area contributed by atoms with Crippen LogP contribution in [-0.2, 0) is 9.59 Å². The van der Waals surface area contributed by atoms with Crippen molar-refractivity contribution in [3.05, 3.63) is 34.4 Å². The van der Waals surface area contributed by atoms with Crippen molar-refractivity contribution in [3.63, 3.8) is 0 Å². The third-order valence-corrected chi connectivity index (χ3v) is 5.33. The average molecular weight is 352 g/mol. The van der Waals surface area contributed by atoms with Crippen LogP contribution in [0.4, 0.5) is 5.69 Å². The molecule has 0 spiro atoms. The van der Waals surface area contributed by atoms with Crippen molar-refractivity contribution in [3.8, 4) is 0 Å². The minimum Gasteiger partial charge on any atom is -0.481 e. The maximum absolute atomic E-state index is 12.6. The fourth-order valence-electron chi connectivity index (χ4n) is 2.76. The van der Waals surface area contributed by atoms with Gasteiger partial charge in [0.05, 0.1) is 15.6 Å². The molecule has 1 aliphatic rings. The standard InChI is InChI=1S/C16H20N2O5S/c1-11(24-13-6-4-12(5-7-13)18(22)23)14(19)17-9-3-8-16(2,10-17)15(20)21/h4-7,11H,3,8-10H2,1-2H3,(H,20,21). The molecule has 1 aliphatic heterocycles. The Morgan fingerprint density at radius 1 is 1.38 bits per heavy atom. The summed E-state index contributed by atoms with van der Waals surface area (Å²) in [6.07, 6.45) is 1.24. The van der Waals surface area contributed by atoms with Crippen molar-refractivity contribution in [2.24, 2.45) is 5.41 Å². The number of non-ortho nitro benzene ring substituents is 1. The summed E-state index contributed by atoms with van der Waals surface area (Å²) in [7, 11) is 0. The topological polar surface area (TPSA) is 101 Å². The quantitative estimate of drug-likeness (QED) is 0.497. The van der Waals surface area contributed by atoms with Crippen LogP contribution in [0.15, 0.2) is 29.2 Å². The summed E-state index contributed by atoms with van der Waals surface area (Å²) in [6.45, 7) is 4.21. The van der Waals surface area contributed by atoms with Crippen LogP contribution in [0.2, 0.25) is 0 Å². The van der Waals surface area contributed by atoms with Crippen LogP contribution in [0.25, 0.3) is 0 Å². The number of carboxylic acids is 1. The van der Waals surface area contributed by atoms with E-state index in [1.807, 2.05) is 0 Å². The minimum absolute atomic E-state index is 0.00610. The molecule has 1 saturated heterocycles. The Labute approximate surface area is 144 Å². The van der Waals surface area contributed by atoms with E-state index in [0.717, 1.165) is 4.90 Å². The maximum atomic E-state index is 12.6. The first-order valence-electron chi connectivity index (χ1n) is 7.66. The largest absolute Gasteiger partial charge is 0.481 e. The number of hydrogen-bond acceptors (Lipinski definition) is 5. The number of carbonyl (C=O) groups is 2. The number of hydrogen-bond donors (Lipinski definition) is 1. The van der Waals surface area contributed by atoms with Gasteiger partial charge in [0.1, 0.15) is 0 Å². The lowest BCUT2D eigenvalue weighted by Gasteiger charge is -2.38. The smallest absolute Gasteiger partial charge is 0.311 e. The molecule has 24 heavy (non-hydrogen) atoms. The van der Waals surface area contributed by atoms with Crippen LogP contribution >= 0.6 is 11.8 Å². The lowest BCUT2D eigenvalue weighted by molar-refractivity contribution is -0.384. The molecule has 0 bridgehead atoms. The number of nitrogens with zero attached hydrogens (tertiary/aromatic N) is 2. The van der Waals surface area contributed by atoms with E-state index in [9.17, 15) is 24.8 Å². The van der Waals surface area contributed by atoms with Gasteiger partial charge in [0.2, 0.25) is 5.91 Å². The Morgan fingerprint density at radius 2 is 2.00 bits per heavy atom. The molecule has 1 aromatic rings. The molecule has 0 saturated carbocycles. The lowest BCUT2D eigenvalue weighted by atomic mass is 9.82. The summed E-state index contributed by atoms with van der Waals surface area (Å²) in [5.74, 6) is -0.985. The number of likely N-dealkylation sites (tertiary alicyclic amines) is 1. The van der Waals surface area contributed by atoms with Crippen LogP contribution in [0, 0.1) is 15.5 Å². The first-order chi connectivity index (χ1) is 11.2. The van der Waals surface area contributed by atoms with E-state index in [0.29, 0.717) is 19.4 Å². The second-order valence-electron chi connectivity index (χ2n) is 6.24. The molecule has 2 rings (SSSR count). The van der Waals surface area contributed by atoms with E-state index >= 15 is 0 Å². The van der Waals surface area contributed by atoms with Gasteiger partial charge in [-0.25, -0.2) is 0 Å². The molecule has 2 atom stereocenters. The fraction of sp³-hybridized carbons (Fsp3) is 0.500. The summed E-state index contributed by atoms with van der Waals surface area (Å²) >= 11 is 1.31. The normalized spacial score (nSPS) is 22.0. The molecule has 1 amide bonds. The zero-order chi connectivity index (χ0) is 17.9. The van der Waals surface area contributed by atoms with Gasteiger partial charge in [0.15, 0.2) is 0 Å². The molecule has 0 radical (unpaired) electrons. The van der Waals surface area contributed by atoms with Crippen LogP contribution in [-0.4, -0.2) is 45.1 Å². The van der Waals surface area contributed by atoms with E-state index in [4.69, 9.17) is 0 Å². The fourth-order valence-corrected chi connectivity index (χ4v) is 3.71. The molecule has 8 heteroatoms. The van der Waals surface area contributed by atoms with Crippen molar-refractivity contribution in [2.75, 3.05) is 13.1 Å². The average Bonchev–Trinajstić information content (AvgIpc) is 2.54. The highest BCUT2D eigenvalue weighted by Crippen LogP contribution is 2.32. The number of amides is 1. The van der Waals surface area contributed by atoms with Crippen molar-refractivity contribution >= 4 is 29.3 Å². The molecule has 7 nitrogen and oxygen atoms in total. The van der Waals surface area contributed by atoms with Gasteiger partial charge in [-0.2, -0.15) is 0 Å². The highest BCUT2D eigenvalue weighted by atomic mass is 32.2. The second-order valence-corrected chi connectivity index (χ2v) is 7.65. The van der Waals surface area contributed by atoms with Crippen LogP contribution < -0.4 is 0 Å². The first-order valence-corrected chi connectivity index (χ1v) is 8.54. The number of nitro benzene ring substituents is 1. The van der Waals surface area contributed by atoms with E-state index in [-0.39, 0.29) is 23.4 Å². The minimum atomic E-state index is -0.897. The van der Waals surface area contributed by atoms with Crippen molar-refractivity contribution in [1.29, 1.82) is 0 Å². The van der Waals surface area contributed by atoms with E-state index in [1.165, 1.54) is 23.9 Å². The van der Waals surface area contributed by atoms with Gasteiger partial charge in [0.25, 0.3) is 5.69 Å². The first kappa shape index (κ1) is 18.3. The molecular weight excluding hydrogens is 332 g/mol. The molecule has 2 unspecified atom stereocenters. The number of piperidine rings is 1. The molecule has 1 heterocycles. The Hall–Kier alpha value is -2.09.